The van der Waals surface area contributed by atoms with Gasteiger partial charge in [-0.3, -0.25) is 10.1 Å². The number of nitrogens with one attached hydrogen (secondary N) is 1. The van der Waals surface area contributed by atoms with E-state index in [-0.39, 0.29) is 32.0 Å². The Labute approximate surface area is 231 Å². The molecule has 0 fully saturated rings. The largest absolute Gasteiger partial charge is 0.533 e. The fraction of sp³-hybridized carbons (Fsp3) is 0.355. The Bertz CT molecular complexity index is 1140. The minimum atomic E-state index is -2.30. The molecule has 39 heavy (non-hydrogen) atoms. The third-order valence-corrected chi connectivity index (χ3v) is 7.75. The first-order chi connectivity index (χ1) is 19.0. The molecule has 0 saturated heterocycles. The zero-order valence-electron chi connectivity index (χ0n) is 22.4. The number of benzene rings is 3. The molecular formula is C31H37NO6P+. The molecule has 0 aliphatic rings. The van der Waals surface area contributed by atoms with Crippen molar-refractivity contribution >= 4 is 20.1 Å². The van der Waals surface area contributed by atoms with Crippen molar-refractivity contribution in [1.29, 1.82) is 0 Å². The van der Waals surface area contributed by atoms with Gasteiger partial charge in [-0.05, 0) is 52.9 Å². The van der Waals surface area contributed by atoms with Crippen LogP contribution in [0.2, 0.25) is 0 Å². The first-order valence-electron chi connectivity index (χ1n) is 13.3. The lowest BCUT2D eigenvalue weighted by Crippen LogP contribution is -2.33. The highest BCUT2D eigenvalue weighted by atomic mass is 31.1. The predicted molar refractivity (Wildman–Crippen MR) is 152 cm³/mol. The van der Waals surface area contributed by atoms with E-state index in [1.165, 1.54) is 18.2 Å². The lowest BCUT2D eigenvalue weighted by Gasteiger charge is -2.16. The van der Waals surface area contributed by atoms with Crippen LogP contribution in [-0.2, 0) is 36.4 Å². The van der Waals surface area contributed by atoms with Crippen LogP contribution in [0.5, 0.6) is 0 Å². The Morgan fingerprint density at radius 1 is 0.821 bits per heavy atom. The van der Waals surface area contributed by atoms with E-state index in [2.05, 4.69) is 41.7 Å². The summed E-state index contributed by atoms with van der Waals surface area (Å²) in [5.41, 5.74) is 3.36. The summed E-state index contributed by atoms with van der Waals surface area (Å²) in [4.78, 5) is 24.1. The normalized spacial score (nSPS) is 12.7. The Hall–Kier alpha value is -3.54. The molecule has 0 saturated carbocycles. The van der Waals surface area contributed by atoms with E-state index in [9.17, 15) is 14.2 Å². The van der Waals surface area contributed by atoms with Crippen molar-refractivity contribution in [3.63, 3.8) is 0 Å². The highest BCUT2D eigenvalue weighted by molar-refractivity contribution is 7.40. The Morgan fingerprint density at radius 2 is 1.44 bits per heavy atom. The maximum absolute atomic E-state index is 13.1. The number of amides is 1. The number of carbonyl (C=O) groups excluding carboxylic acids is 2. The summed E-state index contributed by atoms with van der Waals surface area (Å²) in [6.45, 7) is 0.339. The second-order valence-corrected chi connectivity index (χ2v) is 10.7. The molecular weight excluding hydrogens is 513 g/mol. The minimum Gasteiger partial charge on any atom is -0.469 e. The SMILES string of the molecule is COC(=O)CCC(NC(=O)OCc1ccccc1)[P+](=O)OCCC(CCCc1ccccc1)c1ccccc1. The highest BCUT2D eigenvalue weighted by Gasteiger charge is 2.35. The number of carbonyl (C=O) groups is 2. The lowest BCUT2D eigenvalue weighted by atomic mass is 9.90. The van der Waals surface area contributed by atoms with Gasteiger partial charge in [-0.2, -0.15) is 0 Å². The average molecular weight is 551 g/mol. The molecule has 0 aromatic heterocycles. The highest BCUT2D eigenvalue weighted by Crippen LogP contribution is 2.33. The van der Waals surface area contributed by atoms with Gasteiger partial charge in [0.05, 0.1) is 13.5 Å². The third-order valence-electron chi connectivity index (χ3n) is 6.42. The van der Waals surface area contributed by atoms with Gasteiger partial charge in [-0.1, -0.05) is 91.0 Å². The van der Waals surface area contributed by atoms with E-state index < -0.39 is 25.9 Å². The van der Waals surface area contributed by atoms with Gasteiger partial charge < -0.3 is 9.47 Å². The van der Waals surface area contributed by atoms with E-state index >= 15 is 0 Å². The van der Waals surface area contributed by atoms with Crippen LogP contribution >= 0.6 is 8.03 Å². The monoisotopic (exact) mass is 550 g/mol. The van der Waals surface area contributed by atoms with Gasteiger partial charge in [0.25, 0.3) is 5.78 Å². The molecule has 3 unspecified atom stereocenters. The molecule has 3 atom stereocenters. The van der Waals surface area contributed by atoms with E-state index in [0.717, 1.165) is 24.8 Å². The minimum absolute atomic E-state index is 0.00328. The van der Waals surface area contributed by atoms with Crippen molar-refractivity contribution in [3.05, 3.63) is 108 Å². The zero-order valence-corrected chi connectivity index (χ0v) is 23.3. The maximum atomic E-state index is 13.1. The van der Waals surface area contributed by atoms with Crippen molar-refractivity contribution < 1.29 is 28.2 Å². The number of esters is 1. The van der Waals surface area contributed by atoms with Crippen LogP contribution in [0.4, 0.5) is 4.79 Å². The molecule has 1 N–H and O–H groups in total. The fourth-order valence-electron chi connectivity index (χ4n) is 4.26. The number of alkyl carbamates (subject to hydrolysis) is 1. The lowest BCUT2D eigenvalue weighted by molar-refractivity contribution is -0.140. The van der Waals surface area contributed by atoms with Crippen LogP contribution in [-0.4, -0.2) is 31.6 Å². The van der Waals surface area contributed by atoms with Crippen molar-refractivity contribution in [2.45, 2.75) is 56.8 Å². The van der Waals surface area contributed by atoms with Gasteiger partial charge >= 0.3 is 20.1 Å². The van der Waals surface area contributed by atoms with Crippen molar-refractivity contribution in [3.8, 4) is 0 Å². The molecule has 0 bridgehead atoms. The second-order valence-electron chi connectivity index (χ2n) is 9.23. The van der Waals surface area contributed by atoms with Crippen LogP contribution in [0.3, 0.4) is 0 Å². The van der Waals surface area contributed by atoms with Gasteiger partial charge in [0.1, 0.15) is 13.2 Å². The number of rotatable bonds is 16. The van der Waals surface area contributed by atoms with Gasteiger partial charge in [-0.25, -0.2) is 4.79 Å². The Kier molecular flexibility index (Phi) is 13.2. The molecule has 3 rings (SSSR count). The molecule has 3 aromatic carbocycles. The number of methoxy groups -OCH3 is 1. The van der Waals surface area contributed by atoms with Crippen LogP contribution in [0.1, 0.15) is 54.7 Å². The first kappa shape index (κ1) is 30.0. The van der Waals surface area contributed by atoms with Crippen LogP contribution < -0.4 is 5.32 Å². The number of aryl methyl sites for hydroxylation is 1. The standard InChI is InChI=1S/C31H36NO6P/c1-36-30(33)21-20-29(32-31(34)37-24-26-14-7-3-8-15-26)39(35)38-23-22-28(27-17-9-4-10-18-27)19-11-16-25-12-5-2-6-13-25/h2-10,12-15,17-18,28-29H,11,16,19-24H2,1H3/p+1. The second kappa shape index (κ2) is 17.1. The summed E-state index contributed by atoms with van der Waals surface area (Å²) in [7, 11) is -1.01. The summed E-state index contributed by atoms with van der Waals surface area (Å²) < 4.78 is 28.8. The summed E-state index contributed by atoms with van der Waals surface area (Å²) in [6.07, 6.45) is 3.05. The molecule has 0 aliphatic heterocycles. The molecule has 206 valence electrons. The third kappa shape index (κ3) is 11.4. The summed E-state index contributed by atoms with van der Waals surface area (Å²) >= 11 is 0. The maximum Gasteiger partial charge on any atom is 0.533 e. The van der Waals surface area contributed by atoms with Crippen LogP contribution in [0, 0.1) is 0 Å². The first-order valence-corrected chi connectivity index (χ1v) is 14.5. The summed E-state index contributed by atoms with van der Waals surface area (Å²) in [5.74, 6) is -1.09. The smallest absolute Gasteiger partial charge is 0.469 e. The molecule has 0 radical (unpaired) electrons. The van der Waals surface area contributed by atoms with E-state index in [0.29, 0.717) is 6.42 Å². The number of hydrogen-bond acceptors (Lipinski definition) is 6. The van der Waals surface area contributed by atoms with Gasteiger partial charge in [0, 0.05) is 6.42 Å². The van der Waals surface area contributed by atoms with Crippen molar-refractivity contribution in [2.24, 2.45) is 0 Å². The summed E-state index contributed by atoms with van der Waals surface area (Å²) in [5, 5.41) is 2.61. The summed E-state index contributed by atoms with van der Waals surface area (Å²) in [6, 6.07) is 29.9. The van der Waals surface area contributed by atoms with Crippen LogP contribution in [0.25, 0.3) is 0 Å². The van der Waals surface area contributed by atoms with E-state index in [1.807, 2.05) is 54.6 Å². The predicted octanol–water partition coefficient (Wildman–Crippen LogP) is 7.15. The molecule has 3 aromatic rings. The molecule has 8 heteroatoms. The fourth-order valence-corrected chi connectivity index (χ4v) is 5.28. The van der Waals surface area contributed by atoms with Gasteiger partial charge in [0.2, 0.25) is 0 Å². The van der Waals surface area contributed by atoms with E-state index in [1.54, 1.807) is 0 Å². The molecule has 7 nitrogen and oxygen atoms in total. The molecule has 0 heterocycles. The van der Waals surface area contributed by atoms with Crippen LogP contribution in [0.15, 0.2) is 91.0 Å². The molecule has 0 spiro atoms. The quantitative estimate of drug-likeness (QED) is 0.150. The number of hydrogen-bond donors (Lipinski definition) is 1. The Balaban J connectivity index is 1.53. The molecule has 0 aliphatic carbocycles. The van der Waals surface area contributed by atoms with Crippen molar-refractivity contribution in [1.82, 2.24) is 5.32 Å². The van der Waals surface area contributed by atoms with Crippen molar-refractivity contribution in [2.75, 3.05) is 13.7 Å². The Morgan fingerprint density at radius 3 is 2.08 bits per heavy atom. The topological polar surface area (TPSA) is 90.9 Å². The molecule has 1 amide bonds. The van der Waals surface area contributed by atoms with E-state index in [4.69, 9.17) is 14.0 Å². The zero-order chi connectivity index (χ0) is 27.7. The van der Waals surface area contributed by atoms with Gasteiger partial charge in [-0.15, -0.1) is 4.52 Å². The number of ether oxygens (including phenoxy) is 2. The average Bonchev–Trinajstić information content (AvgIpc) is 2.98. The van der Waals surface area contributed by atoms with Gasteiger partial charge in [0.15, 0.2) is 0 Å².